The minimum absolute atomic E-state index is 0.172. The van der Waals surface area contributed by atoms with Crippen LogP contribution in [0.15, 0.2) is 17.0 Å². The lowest BCUT2D eigenvalue weighted by molar-refractivity contribution is -0.117. The molecule has 0 saturated carbocycles. The van der Waals surface area contributed by atoms with E-state index in [9.17, 15) is 4.79 Å². The molecule has 6 heteroatoms. The van der Waals surface area contributed by atoms with Crippen LogP contribution in [-0.4, -0.2) is 39.1 Å². The SMILES string of the molecule is CNCCOCCN/C=C(/CCCC(C)=O)N=N. The highest BCUT2D eigenvalue weighted by molar-refractivity contribution is 5.75. The Labute approximate surface area is 109 Å². The summed E-state index contributed by atoms with van der Waals surface area (Å²) in [6.07, 6.45) is 3.65. The molecule has 0 amide bonds. The summed E-state index contributed by atoms with van der Waals surface area (Å²) in [5.41, 5.74) is 7.67. The number of carbonyl (C=O) groups is 1. The summed E-state index contributed by atoms with van der Waals surface area (Å²) in [5, 5.41) is 9.46. The van der Waals surface area contributed by atoms with Gasteiger partial charge < -0.3 is 20.2 Å². The fourth-order valence-electron chi connectivity index (χ4n) is 1.28. The number of Topliss-reactive ketones (excluding diaryl/α,β-unsaturated/α-hetero) is 1. The fourth-order valence-corrected chi connectivity index (χ4v) is 1.28. The Morgan fingerprint density at radius 3 is 2.67 bits per heavy atom. The first-order valence-electron chi connectivity index (χ1n) is 6.22. The first kappa shape index (κ1) is 16.7. The van der Waals surface area contributed by atoms with Crippen molar-refractivity contribution in [3.63, 3.8) is 0 Å². The Kier molecular flexibility index (Phi) is 11.3. The van der Waals surface area contributed by atoms with Gasteiger partial charge in [-0.2, -0.15) is 5.11 Å². The lowest BCUT2D eigenvalue weighted by Crippen LogP contribution is -2.19. The Balaban J connectivity index is 3.58. The maximum absolute atomic E-state index is 10.8. The third kappa shape index (κ3) is 11.2. The van der Waals surface area contributed by atoms with Crippen molar-refractivity contribution in [1.82, 2.24) is 10.6 Å². The largest absolute Gasteiger partial charge is 0.387 e. The van der Waals surface area contributed by atoms with Crippen LogP contribution in [0.3, 0.4) is 0 Å². The normalized spacial score (nSPS) is 11.3. The Bertz CT molecular complexity index is 267. The summed E-state index contributed by atoms with van der Waals surface area (Å²) in [5.74, 6) is 0.172. The first-order chi connectivity index (χ1) is 8.70. The van der Waals surface area contributed by atoms with Crippen LogP contribution >= 0.6 is 0 Å². The van der Waals surface area contributed by atoms with Crippen LogP contribution in [0.2, 0.25) is 0 Å². The molecule has 0 heterocycles. The van der Waals surface area contributed by atoms with E-state index < -0.39 is 0 Å². The smallest absolute Gasteiger partial charge is 0.129 e. The van der Waals surface area contributed by atoms with Crippen molar-refractivity contribution in [3.8, 4) is 0 Å². The third-order valence-corrected chi connectivity index (χ3v) is 2.26. The van der Waals surface area contributed by atoms with Crippen molar-refractivity contribution in [1.29, 1.82) is 5.53 Å². The zero-order valence-electron chi connectivity index (χ0n) is 11.3. The number of rotatable bonds is 12. The number of carbonyl (C=O) groups excluding carboxylic acids is 1. The summed E-state index contributed by atoms with van der Waals surface area (Å²) in [6.45, 7) is 4.42. The van der Waals surface area contributed by atoms with E-state index in [0.717, 1.165) is 13.0 Å². The average molecular weight is 256 g/mol. The van der Waals surface area contributed by atoms with E-state index in [1.165, 1.54) is 0 Å². The Morgan fingerprint density at radius 2 is 2.06 bits per heavy atom. The first-order valence-corrected chi connectivity index (χ1v) is 6.22. The number of hydrogen-bond donors (Lipinski definition) is 3. The monoisotopic (exact) mass is 256 g/mol. The number of allylic oxidation sites excluding steroid dienone is 1. The maximum atomic E-state index is 10.8. The fraction of sp³-hybridized carbons (Fsp3) is 0.750. The molecule has 6 nitrogen and oxygen atoms in total. The lowest BCUT2D eigenvalue weighted by atomic mass is 10.1. The predicted molar refractivity (Wildman–Crippen MR) is 70.5 cm³/mol. The minimum atomic E-state index is 0.172. The van der Waals surface area contributed by atoms with E-state index in [-0.39, 0.29) is 5.78 Å². The molecule has 0 spiro atoms. The molecule has 0 unspecified atom stereocenters. The van der Waals surface area contributed by atoms with Gasteiger partial charge in [-0.05, 0) is 26.8 Å². The number of ketones is 1. The number of hydrogen-bond acceptors (Lipinski definition) is 6. The van der Waals surface area contributed by atoms with E-state index in [0.29, 0.717) is 38.3 Å². The highest BCUT2D eigenvalue weighted by Crippen LogP contribution is 2.07. The van der Waals surface area contributed by atoms with Gasteiger partial charge in [0, 0.05) is 25.7 Å². The molecular weight excluding hydrogens is 232 g/mol. The van der Waals surface area contributed by atoms with Gasteiger partial charge in [-0.3, -0.25) is 0 Å². The van der Waals surface area contributed by atoms with Crippen molar-refractivity contribution in [2.45, 2.75) is 26.2 Å². The van der Waals surface area contributed by atoms with Crippen molar-refractivity contribution < 1.29 is 9.53 Å². The van der Waals surface area contributed by atoms with Crippen molar-refractivity contribution in [2.24, 2.45) is 5.11 Å². The van der Waals surface area contributed by atoms with Gasteiger partial charge in [0.2, 0.25) is 0 Å². The second kappa shape index (κ2) is 12.2. The molecule has 0 aromatic heterocycles. The molecule has 3 N–H and O–H groups in total. The molecule has 0 bridgehead atoms. The number of nitrogens with zero attached hydrogens (tertiary/aromatic N) is 1. The summed E-state index contributed by atoms with van der Waals surface area (Å²) < 4.78 is 5.33. The molecule has 0 aliphatic rings. The molecule has 0 atom stereocenters. The van der Waals surface area contributed by atoms with Gasteiger partial charge in [-0.25, -0.2) is 5.53 Å². The molecular formula is C12H24N4O2. The molecule has 0 aromatic carbocycles. The molecule has 0 aliphatic carbocycles. The lowest BCUT2D eigenvalue weighted by Gasteiger charge is -2.05. The molecule has 0 fully saturated rings. The minimum Gasteiger partial charge on any atom is -0.387 e. The van der Waals surface area contributed by atoms with Crippen molar-refractivity contribution >= 4 is 5.78 Å². The van der Waals surface area contributed by atoms with Crippen LogP contribution < -0.4 is 10.6 Å². The van der Waals surface area contributed by atoms with Gasteiger partial charge in [0.25, 0.3) is 0 Å². The molecule has 18 heavy (non-hydrogen) atoms. The Morgan fingerprint density at radius 1 is 1.33 bits per heavy atom. The van der Waals surface area contributed by atoms with Gasteiger partial charge in [0.15, 0.2) is 0 Å². The van der Waals surface area contributed by atoms with Crippen LogP contribution in [-0.2, 0) is 9.53 Å². The quantitative estimate of drug-likeness (QED) is 0.364. The van der Waals surface area contributed by atoms with Crippen LogP contribution in [0.5, 0.6) is 0 Å². The molecule has 104 valence electrons. The summed E-state index contributed by atoms with van der Waals surface area (Å²) in [6, 6.07) is 0. The molecule has 0 saturated heterocycles. The van der Waals surface area contributed by atoms with E-state index in [1.807, 2.05) is 7.05 Å². The number of ether oxygens (including phenoxy) is 1. The van der Waals surface area contributed by atoms with Gasteiger partial charge in [0.1, 0.15) is 5.78 Å². The average Bonchev–Trinajstić information content (AvgIpc) is 2.35. The topological polar surface area (TPSA) is 86.6 Å². The highest BCUT2D eigenvalue weighted by atomic mass is 16.5. The van der Waals surface area contributed by atoms with Gasteiger partial charge in [-0.15, -0.1) is 0 Å². The third-order valence-electron chi connectivity index (χ3n) is 2.26. The van der Waals surface area contributed by atoms with E-state index in [4.69, 9.17) is 10.3 Å². The summed E-state index contributed by atoms with van der Waals surface area (Å²) in [4.78, 5) is 10.8. The standard InChI is InChI=1S/C12H24N4O2/c1-11(17)4-3-5-12(16-13)10-15-7-9-18-8-6-14-2/h10,13-15H,3-9H2,1-2H3/b12-10-,16-13?. The number of likely N-dealkylation sites (N-methyl/N-ethyl adjacent to an activating group) is 1. The van der Waals surface area contributed by atoms with Crippen molar-refractivity contribution in [2.75, 3.05) is 33.4 Å². The summed E-state index contributed by atoms with van der Waals surface area (Å²) >= 11 is 0. The zero-order chi connectivity index (χ0) is 13.6. The summed E-state index contributed by atoms with van der Waals surface area (Å²) in [7, 11) is 1.88. The molecule has 0 aliphatic heterocycles. The maximum Gasteiger partial charge on any atom is 0.129 e. The van der Waals surface area contributed by atoms with Crippen LogP contribution in [0.25, 0.3) is 0 Å². The van der Waals surface area contributed by atoms with Crippen molar-refractivity contribution in [3.05, 3.63) is 11.9 Å². The molecule has 0 aromatic rings. The van der Waals surface area contributed by atoms with E-state index >= 15 is 0 Å². The second-order valence-electron chi connectivity index (χ2n) is 3.97. The van der Waals surface area contributed by atoms with Gasteiger partial charge in [0.05, 0.1) is 18.9 Å². The second-order valence-corrected chi connectivity index (χ2v) is 3.97. The van der Waals surface area contributed by atoms with Gasteiger partial charge in [-0.1, -0.05) is 0 Å². The van der Waals surface area contributed by atoms with Crippen LogP contribution in [0, 0.1) is 5.53 Å². The zero-order valence-corrected chi connectivity index (χ0v) is 11.3. The number of nitrogens with one attached hydrogen (secondary N) is 3. The van der Waals surface area contributed by atoms with E-state index in [1.54, 1.807) is 13.1 Å². The Hall–Kier alpha value is -1.27. The van der Waals surface area contributed by atoms with E-state index in [2.05, 4.69) is 15.7 Å². The highest BCUT2D eigenvalue weighted by Gasteiger charge is 1.98. The van der Waals surface area contributed by atoms with Crippen LogP contribution in [0.4, 0.5) is 0 Å². The van der Waals surface area contributed by atoms with Crippen LogP contribution in [0.1, 0.15) is 26.2 Å². The predicted octanol–water partition coefficient (Wildman–Crippen LogP) is 1.44. The molecule has 0 rings (SSSR count). The molecule has 0 radical (unpaired) electrons. The van der Waals surface area contributed by atoms with Gasteiger partial charge >= 0.3 is 0 Å².